The number of nitrogens with zero attached hydrogens (tertiary/aromatic N) is 4. The number of imide groups is 1. The lowest BCUT2D eigenvalue weighted by atomic mass is 9.89. The van der Waals surface area contributed by atoms with Crippen LogP contribution in [0.2, 0.25) is 0 Å². The first-order chi connectivity index (χ1) is 25.6. The fourth-order valence-electron chi connectivity index (χ4n) is 7.41. The molecule has 0 aliphatic carbocycles. The van der Waals surface area contributed by atoms with Gasteiger partial charge < -0.3 is 40.0 Å². The molecule has 4 aliphatic heterocycles. The Labute approximate surface area is 305 Å². The average Bonchev–Trinajstić information content (AvgIpc) is 3.94. The Balaban J connectivity index is 1.10. The second kappa shape index (κ2) is 17.6. The molecule has 5 unspecified atom stereocenters. The number of imidazole rings is 1. The molecule has 0 spiro atoms. The van der Waals surface area contributed by atoms with Crippen LogP contribution in [-0.4, -0.2) is 131 Å². The van der Waals surface area contributed by atoms with Crippen LogP contribution in [0, 0.1) is 23.5 Å². The van der Waals surface area contributed by atoms with E-state index in [0.29, 0.717) is 64.4 Å². The number of aliphatic hydroxyl groups is 1. The van der Waals surface area contributed by atoms with Gasteiger partial charge in [0.05, 0.1) is 31.0 Å². The monoisotopic (exact) mass is 745 g/mol. The maximum atomic E-state index is 15.1. The van der Waals surface area contributed by atoms with E-state index in [2.05, 4.69) is 20.6 Å². The fourth-order valence-corrected chi connectivity index (χ4v) is 7.41. The fraction of sp³-hybridized carbons (Fsp3) is 0.583. The molecule has 3 fully saturated rings. The molecule has 14 nitrogen and oxygen atoms in total. The third-order valence-electron chi connectivity index (χ3n) is 10.3. The SMILES string of the molecule is O=C(NCCCCCCN1C(=O)C=CC1=O)OC1CN(C(=O)N(CC2CNCC2F)C(c2ncc(-c3cc(F)ccc3F)[nH]2)C2CCOCC2)CC1O. The number of ether oxygens (including phenoxy) is 2. The van der Waals surface area contributed by atoms with Crippen LogP contribution in [0.15, 0.2) is 36.5 Å². The first-order valence-corrected chi connectivity index (χ1v) is 18.2. The highest BCUT2D eigenvalue weighted by Gasteiger charge is 2.44. The first kappa shape index (κ1) is 38.3. The van der Waals surface area contributed by atoms with Gasteiger partial charge in [-0.1, -0.05) is 12.8 Å². The molecule has 1 aromatic carbocycles. The van der Waals surface area contributed by atoms with Gasteiger partial charge in [0.1, 0.15) is 35.8 Å². The van der Waals surface area contributed by atoms with Crippen molar-refractivity contribution >= 4 is 23.9 Å². The highest BCUT2D eigenvalue weighted by Crippen LogP contribution is 2.37. The van der Waals surface area contributed by atoms with Crippen molar-refractivity contribution in [3.8, 4) is 11.3 Å². The molecule has 5 amide bonds. The van der Waals surface area contributed by atoms with Gasteiger partial charge in [0.15, 0.2) is 0 Å². The molecule has 0 saturated carbocycles. The number of hydrogen-bond acceptors (Lipinski definition) is 9. The Kier molecular flexibility index (Phi) is 12.7. The van der Waals surface area contributed by atoms with E-state index in [1.54, 1.807) is 4.90 Å². The predicted molar refractivity (Wildman–Crippen MR) is 184 cm³/mol. The van der Waals surface area contributed by atoms with Gasteiger partial charge in [-0.25, -0.2) is 27.7 Å². The standard InChI is InChI=1S/C36H46F3N7O7/c37-24-5-6-26(38)25(15-24)28-18-42-34(43-28)33(22-9-13-52-14-10-22)46(19-23-16-40-17-27(23)39)36(51)44-20-29(47)30(21-44)53-35(50)41-11-3-1-2-4-12-45-31(48)7-8-32(45)49/h5-8,15,18,22-23,27,29-30,33,40,47H,1-4,9-14,16-17,19-21H2,(H,41,50)(H,42,43). The summed E-state index contributed by atoms with van der Waals surface area (Å²) in [5.74, 6) is -2.30. The largest absolute Gasteiger partial charge is 0.442 e. The highest BCUT2D eigenvalue weighted by atomic mass is 19.1. The van der Waals surface area contributed by atoms with E-state index >= 15 is 4.39 Å². The Morgan fingerprint density at radius 1 is 1.08 bits per heavy atom. The van der Waals surface area contributed by atoms with Gasteiger partial charge in [0, 0.05) is 69.6 Å². The summed E-state index contributed by atoms with van der Waals surface area (Å²) in [7, 11) is 0. The highest BCUT2D eigenvalue weighted by molar-refractivity contribution is 6.12. The summed E-state index contributed by atoms with van der Waals surface area (Å²) in [6, 6.07) is 1.87. The van der Waals surface area contributed by atoms with Crippen LogP contribution in [0.5, 0.6) is 0 Å². The van der Waals surface area contributed by atoms with Gasteiger partial charge in [-0.3, -0.25) is 14.5 Å². The Morgan fingerprint density at radius 3 is 2.57 bits per heavy atom. The van der Waals surface area contributed by atoms with Crippen molar-refractivity contribution < 1.29 is 46.9 Å². The summed E-state index contributed by atoms with van der Waals surface area (Å²) in [4.78, 5) is 62.2. The van der Waals surface area contributed by atoms with Crippen molar-refractivity contribution in [2.45, 2.75) is 62.9 Å². The summed E-state index contributed by atoms with van der Waals surface area (Å²) in [6.45, 7) is 1.76. The summed E-state index contributed by atoms with van der Waals surface area (Å²) in [5, 5.41) is 16.6. The van der Waals surface area contributed by atoms with Gasteiger partial charge >= 0.3 is 12.1 Å². The van der Waals surface area contributed by atoms with Crippen molar-refractivity contribution in [2.24, 2.45) is 11.8 Å². The van der Waals surface area contributed by atoms with Crippen LogP contribution in [0.3, 0.4) is 0 Å². The number of aromatic nitrogens is 2. The van der Waals surface area contributed by atoms with E-state index in [9.17, 15) is 33.1 Å². The number of aromatic amines is 1. The molecule has 2 aromatic rings. The van der Waals surface area contributed by atoms with Crippen molar-refractivity contribution in [3.63, 3.8) is 0 Å². The van der Waals surface area contributed by atoms with Gasteiger partial charge in [0.25, 0.3) is 11.8 Å². The Bertz CT molecular complexity index is 1640. The molecule has 288 valence electrons. The molecule has 3 saturated heterocycles. The number of benzene rings is 1. The molecule has 5 atom stereocenters. The normalized spacial score (nSPS) is 23.9. The second-order valence-electron chi connectivity index (χ2n) is 14.0. The zero-order chi connectivity index (χ0) is 37.5. The Hall–Kier alpha value is -4.48. The number of alkyl halides is 1. The topological polar surface area (TPSA) is 169 Å². The number of aliphatic hydroxyl groups excluding tert-OH is 1. The third-order valence-corrected chi connectivity index (χ3v) is 10.3. The van der Waals surface area contributed by atoms with Gasteiger partial charge in [0.2, 0.25) is 0 Å². The molecule has 0 bridgehead atoms. The zero-order valence-electron chi connectivity index (χ0n) is 29.4. The number of carbonyl (C=O) groups excluding carboxylic acids is 4. The van der Waals surface area contributed by atoms with E-state index in [1.165, 1.54) is 28.1 Å². The van der Waals surface area contributed by atoms with E-state index < -0.39 is 54.1 Å². The number of β-amino-alcohol motifs (C(OH)–C–C–N with tert-alkyl or cyclic N) is 1. The molecule has 1 aromatic heterocycles. The third kappa shape index (κ3) is 9.37. The van der Waals surface area contributed by atoms with Crippen LogP contribution in [-0.2, 0) is 19.1 Å². The molecule has 17 heteroatoms. The van der Waals surface area contributed by atoms with Crippen LogP contribution < -0.4 is 10.6 Å². The van der Waals surface area contributed by atoms with Crippen LogP contribution >= 0.6 is 0 Å². The molecule has 4 aliphatic rings. The number of nitrogens with one attached hydrogen (secondary N) is 3. The van der Waals surface area contributed by atoms with Gasteiger partial charge in [-0.2, -0.15) is 0 Å². The molecular weight excluding hydrogens is 699 g/mol. The van der Waals surface area contributed by atoms with E-state index in [1.807, 2.05) is 0 Å². The summed E-state index contributed by atoms with van der Waals surface area (Å²) >= 11 is 0. The van der Waals surface area contributed by atoms with Crippen molar-refractivity contribution in [1.29, 1.82) is 0 Å². The molecular formula is C36H46F3N7O7. The average molecular weight is 746 g/mol. The number of likely N-dealkylation sites (tertiary alicyclic amines) is 1. The summed E-state index contributed by atoms with van der Waals surface area (Å²) < 4.78 is 55.1. The lowest BCUT2D eigenvalue weighted by Crippen LogP contribution is -2.50. The smallest absolute Gasteiger partial charge is 0.407 e. The number of unbranched alkanes of at least 4 members (excludes halogenated alkanes) is 3. The number of hydrogen-bond donors (Lipinski definition) is 4. The minimum atomic E-state index is -1.21. The maximum absolute atomic E-state index is 15.1. The second-order valence-corrected chi connectivity index (χ2v) is 14.0. The van der Waals surface area contributed by atoms with E-state index in [0.717, 1.165) is 31.0 Å². The van der Waals surface area contributed by atoms with Crippen molar-refractivity contribution in [3.05, 3.63) is 54.0 Å². The van der Waals surface area contributed by atoms with Crippen LogP contribution in [0.1, 0.15) is 50.4 Å². The zero-order valence-corrected chi connectivity index (χ0v) is 29.4. The summed E-state index contributed by atoms with van der Waals surface area (Å²) in [6.07, 6.45) is 3.62. The number of urea groups is 1. The predicted octanol–water partition coefficient (Wildman–Crippen LogP) is 3.06. The first-order valence-electron chi connectivity index (χ1n) is 18.2. The summed E-state index contributed by atoms with van der Waals surface area (Å²) in [5.41, 5.74) is 0.193. The molecule has 5 heterocycles. The number of alkyl carbamates (subject to hydrolysis) is 1. The van der Waals surface area contributed by atoms with Crippen molar-refractivity contribution in [1.82, 2.24) is 35.3 Å². The van der Waals surface area contributed by atoms with E-state index in [-0.39, 0.29) is 55.2 Å². The van der Waals surface area contributed by atoms with Crippen LogP contribution in [0.4, 0.5) is 22.8 Å². The quantitative estimate of drug-likeness (QED) is 0.168. The number of halogens is 3. The number of amides is 5. The van der Waals surface area contributed by atoms with Crippen LogP contribution in [0.25, 0.3) is 11.3 Å². The lowest BCUT2D eigenvalue weighted by Gasteiger charge is -2.40. The number of carbonyl (C=O) groups is 4. The van der Waals surface area contributed by atoms with Gasteiger partial charge in [-0.05, 0) is 49.8 Å². The maximum Gasteiger partial charge on any atom is 0.407 e. The lowest BCUT2D eigenvalue weighted by molar-refractivity contribution is -0.136. The molecule has 0 radical (unpaired) electrons. The number of H-pyrrole nitrogens is 1. The van der Waals surface area contributed by atoms with E-state index in [4.69, 9.17) is 9.47 Å². The molecule has 4 N–H and O–H groups in total. The molecule has 53 heavy (non-hydrogen) atoms. The number of rotatable bonds is 14. The Morgan fingerprint density at radius 2 is 1.83 bits per heavy atom. The molecule has 6 rings (SSSR count). The van der Waals surface area contributed by atoms with Crippen molar-refractivity contribution in [2.75, 3.05) is 59.0 Å². The minimum Gasteiger partial charge on any atom is -0.442 e. The minimum absolute atomic E-state index is 0.0134. The van der Waals surface area contributed by atoms with Gasteiger partial charge in [-0.15, -0.1) is 0 Å².